The Morgan fingerprint density at radius 2 is 1.89 bits per heavy atom. The first-order valence-corrected chi connectivity index (χ1v) is 6.58. The molecule has 0 aliphatic rings. The van der Waals surface area contributed by atoms with Crippen LogP contribution in [0.1, 0.15) is 38.3 Å². The van der Waals surface area contributed by atoms with Gasteiger partial charge < -0.3 is 5.73 Å². The summed E-state index contributed by atoms with van der Waals surface area (Å²) in [6.07, 6.45) is 1.76. The van der Waals surface area contributed by atoms with Gasteiger partial charge in [0.25, 0.3) is 0 Å². The SMILES string of the molecule is CC(C)CCN(C)C(CC(=N)N)c1ccccc1. The minimum atomic E-state index is 0.211. The van der Waals surface area contributed by atoms with Crippen LogP contribution in [0.5, 0.6) is 0 Å². The molecule has 3 nitrogen and oxygen atoms in total. The minimum absolute atomic E-state index is 0.211. The van der Waals surface area contributed by atoms with Crippen molar-refractivity contribution in [3.63, 3.8) is 0 Å². The third-order valence-electron chi connectivity index (χ3n) is 3.19. The molecular weight excluding hydrogens is 222 g/mol. The largest absolute Gasteiger partial charge is 0.388 e. The number of nitrogens with one attached hydrogen (secondary N) is 1. The molecule has 0 saturated heterocycles. The molecule has 0 saturated carbocycles. The van der Waals surface area contributed by atoms with Gasteiger partial charge in [-0.1, -0.05) is 44.2 Å². The molecule has 1 unspecified atom stereocenters. The molecule has 1 aromatic rings. The summed E-state index contributed by atoms with van der Waals surface area (Å²) in [6.45, 7) is 5.50. The van der Waals surface area contributed by atoms with Gasteiger partial charge in [0, 0.05) is 12.5 Å². The van der Waals surface area contributed by atoms with Crippen molar-refractivity contribution in [1.82, 2.24) is 4.90 Å². The molecular formula is C15H25N3. The monoisotopic (exact) mass is 247 g/mol. The van der Waals surface area contributed by atoms with Crippen molar-refractivity contribution in [2.45, 2.75) is 32.7 Å². The van der Waals surface area contributed by atoms with Crippen LogP contribution in [-0.4, -0.2) is 24.3 Å². The van der Waals surface area contributed by atoms with E-state index >= 15 is 0 Å². The van der Waals surface area contributed by atoms with Crippen molar-refractivity contribution in [2.75, 3.05) is 13.6 Å². The summed E-state index contributed by atoms with van der Waals surface area (Å²) in [4.78, 5) is 2.30. The molecule has 0 aliphatic carbocycles. The molecule has 1 rings (SSSR count). The van der Waals surface area contributed by atoms with Gasteiger partial charge in [-0.2, -0.15) is 0 Å². The Labute approximate surface area is 111 Å². The van der Waals surface area contributed by atoms with Crippen LogP contribution in [0.4, 0.5) is 0 Å². The normalized spacial score (nSPS) is 12.9. The lowest BCUT2D eigenvalue weighted by atomic mass is 10.0. The van der Waals surface area contributed by atoms with Crippen LogP contribution in [0.3, 0.4) is 0 Å². The van der Waals surface area contributed by atoms with Crippen LogP contribution < -0.4 is 5.73 Å². The first-order chi connectivity index (χ1) is 8.50. The fraction of sp³-hybridized carbons (Fsp3) is 0.533. The van der Waals surface area contributed by atoms with E-state index in [-0.39, 0.29) is 11.9 Å². The number of amidine groups is 1. The van der Waals surface area contributed by atoms with Gasteiger partial charge in [-0.25, -0.2) is 0 Å². The third-order valence-corrected chi connectivity index (χ3v) is 3.19. The highest BCUT2D eigenvalue weighted by Gasteiger charge is 2.17. The van der Waals surface area contributed by atoms with Gasteiger partial charge in [0.2, 0.25) is 0 Å². The van der Waals surface area contributed by atoms with Gasteiger partial charge in [-0.3, -0.25) is 10.3 Å². The van der Waals surface area contributed by atoms with E-state index in [1.165, 1.54) is 5.56 Å². The van der Waals surface area contributed by atoms with Gasteiger partial charge in [-0.15, -0.1) is 0 Å². The lowest BCUT2D eigenvalue weighted by Gasteiger charge is -2.28. The number of nitrogens with zero attached hydrogens (tertiary/aromatic N) is 1. The second-order valence-corrected chi connectivity index (χ2v) is 5.32. The molecule has 0 spiro atoms. The van der Waals surface area contributed by atoms with Crippen LogP contribution in [-0.2, 0) is 0 Å². The number of rotatable bonds is 7. The maximum atomic E-state index is 7.54. The Kier molecular flexibility index (Phi) is 5.86. The second-order valence-electron chi connectivity index (χ2n) is 5.32. The summed E-state index contributed by atoms with van der Waals surface area (Å²) in [5.74, 6) is 0.946. The lowest BCUT2D eigenvalue weighted by molar-refractivity contribution is 0.236. The number of benzene rings is 1. The molecule has 1 atom stereocenters. The average molecular weight is 247 g/mol. The maximum Gasteiger partial charge on any atom is 0.0924 e. The summed E-state index contributed by atoms with van der Waals surface area (Å²) >= 11 is 0. The summed E-state index contributed by atoms with van der Waals surface area (Å²) in [5.41, 5.74) is 6.82. The zero-order valence-corrected chi connectivity index (χ0v) is 11.7. The van der Waals surface area contributed by atoms with Gasteiger partial charge in [0.15, 0.2) is 0 Å². The van der Waals surface area contributed by atoms with Crippen LogP contribution in [0.25, 0.3) is 0 Å². The van der Waals surface area contributed by atoms with Crippen LogP contribution >= 0.6 is 0 Å². The Hall–Kier alpha value is -1.35. The van der Waals surface area contributed by atoms with Crippen molar-refractivity contribution in [1.29, 1.82) is 5.41 Å². The lowest BCUT2D eigenvalue weighted by Crippen LogP contribution is -2.30. The van der Waals surface area contributed by atoms with E-state index in [4.69, 9.17) is 11.1 Å². The van der Waals surface area contributed by atoms with Crippen molar-refractivity contribution in [2.24, 2.45) is 11.7 Å². The quantitative estimate of drug-likeness (QED) is 0.575. The van der Waals surface area contributed by atoms with E-state index in [2.05, 4.69) is 37.9 Å². The average Bonchev–Trinajstić information content (AvgIpc) is 2.34. The molecule has 3 heteroatoms. The zero-order chi connectivity index (χ0) is 13.5. The maximum absolute atomic E-state index is 7.54. The van der Waals surface area contributed by atoms with Gasteiger partial charge in [-0.05, 0) is 31.5 Å². The number of hydrogen-bond donors (Lipinski definition) is 2. The molecule has 0 fully saturated rings. The first-order valence-electron chi connectivity index (χ1n) is 6.58. The van der Waals surface area contributed by atoms with E-state index in [1.54, 1.807) is 0 Å². The molecule has 0 aromatic heterocycles. The second kappa shape index (κ2) is 7.17. The molecule has 0 radical (unpaired) electrons. The van der Waals surface area contributed by atoms with E-state index in [0.717, 1.165) is 13.0 Å². The highest BCUT2D eigenvalue weighted by Crippen LogP contribution is 2.23. The number of nitrogens with two attached hydrogens (primary N) is 1. The molecule has 0 amide bonds. The predicted octanol–water partition coefficient (Wildman–Crippen LogP) is 3.03. The molecule has 100 valence electrons. The Morgan fingerprint density at radius 1 is 1.28 bits per heavy atom. The van der Waals surface area contributed by atoms with E-state index < -0.39 is 0 Å². The predicted molar refractivity (Wildman–Crippen MR) is 77.8 cm³/mol. The fourth-order valence-corrected chi connectivity index (χ4v) is 2.03. The molecule has 1 aromatic carbocycles. The van der Waals surface area contributed by atoms with Crippen molar-refractivity contribution in [3.8, 4) is 0 Å². The first kappa shape index (κ1) is 14.7. The van der Waals surface area contributed by atoms with Crippen molar-refractivity contribution < 1.29 is 0 Å². The smallest absolute Gasteiger partial charge is 0.0924 e. The third kappa shape index (κ3) is 4.88. The Morgan fingerprint density at radius 3 is 2.39 bits per heavy atom. The molecule has 0 heterocycles. The Bertz CT molecular complexity index is 359. The van der Waals surface area contributed by atoms with E-state index in [9.17, 15) is 0 Å². The summed E-state index contributed by atoms with van der Waals surface area (Å²) in [6, 6.07) is 10.5. The van der Waals surface area contributed by atoms with Crippen LogP contribution in [0.2, 0.25) is 0 Å². The number of hydrogen-bond acceptors (Lipinski definition) is 2. The van der Waals surface area contributed by atoms with E-state index in [1.807, 2.05) is 18.2 Å². The van der Waals surface area contributed by atoms with Crippen molar-refractivity contribution in [3.05, 3.63) is 35.9 Å². The summed E-state index contributed by atoms with van der Waals surface area (Å²) in [5, 5.41) is 7.54. The van der Waals surface area contributed by atoms with E-state index in [0.29, 0.717) is 12.3 Å². The van der Waals surface area contributed by atoms with Gasteiger partial charge in [0.05, 0.1) is 5.84 Å². The van der Waals surface area contributed by atoms with Gasteiger partial charge >= 0.3 is 0 Å². The highest BCUT2D eigenvalue weighted by molar-refractivity contribution is 5.77. The van der Waals surface area contributed by atoms with Crippen LogP contribution in [0.15, 0.2) is 30.3 Å². The Balaban J connectivity index is 2.75. The fourth-order valence-electron chi connectivity index (χ4n) is 2.03. The standard InChI is InChI=1S/C15H25N3/c1-12(2)9-10-18(3)14(11-15(16)17)13-7-5-4-6-8-13/h4-8,12,14H,9-11H2,1-3H3,(H3,16,17). The van der Waals surface area contributed by atoms with Crippen molar-refractivity contribution >= 4 is 5.84 Å². The highest BCUT2D eigenvalue weighted by atomic mass is 15.1. The summed E-state index contributed by atoms with van der Waals surface area (Å²) < 4.78 is 0. The molecule has 0 aliphatic heterocycles. The van der Waals surface area contributed by atoms with Crippen LogP contribution in [0, 0.1) is 11.3 Å². The topological polar surface area (TPSA) is 53.1 Å². The minimum Gasteiger partial charge on any atom is -0.388 e. The zero-order valence-electron chi connectivity index (χ0n) is 11.7. The molecule has 3 N–H and O–H groups in total. The van der Waals surface area contributed by atoms with Gasteiger partial charge in [0.1, 0.15) is 0 Å². The molecule has 18 heavy (non-hydrogen) atoms. The molecule has 0 bridgehead atoms. The summed E-state index contributed by atoms with van der Waals surface area (Å²) in [7, 11) is 2.11.